The summed E-state index contributed by atoms with van der Waals surface area (Å²) in [4.78, 5) is 26.7. The van der Waals surface area contributed by atoms with Gasteiger partial charge in [-0.15, -0.1) is 11.3 Å². The lowest BCUT2D eigenvalue weighted by molar-refractivity contribution is 0.00219. The number of thiophene rings is 1. The molecule has 2 heterocycles. The van der Waals surface area contributed by atoms with E-state index in [0.717, 1.165) is 31.4 Å². The number of anilines is 1. The van der Waals surface area contributed by atoms with Crippen molar-refractivity contribution in [1.82, 2.24) is 10.4 Å². The largest absolute Gasteiger partial charge is 0.361 e. The zero-order chi connectivity index (χ0) is 19.9. The van der Waals surface area contributed by atoms with Crippen LogP contribution in [0.3, 0.4) is 0 Å². The van der Waals surface area contributed by atoms with Crippen molar-refractivity contribution in [3.8, 4) is 0 Å². The minimum absolute atomic E-state index is 0.145. The van der Waals surface area contributed by atoms with Gasteiger partial charge in [0.2, 0.25) is 0 Å². The minimum atomic E-state index is -0.583. The lowest BCUT2D eigenvalue weighted by Crippen LogP contribution is -2.67. The predicted octanol–water partition coefficient (Wildman–Crippen LogP) is 4.89. The Balaban J connectivity index is 1.66. The molecule has 148 valence electrons. The monoisotopic (exact) mass is 397 g/mol. The van der Waals surface area contributed by atoms with Crippen molar-refractivity contribution in [2.75, 3.05) is 5.32 Å². The van der Waals surface area contributed by atoms with Gasteiger partial charge in [-0.2, -0.15) is 0 Å². The molecule has 0 unspecified atom stereocenters. The number of rotatable bonds is 2. The maximum absolute atomic E-state index is 13.3. The highest BCUT2D eigenvalue weighted by molar-refractivity contribution is 7.12. The van der Waals surface area contributed by atoms with Gasteiger partial charge >= 0.3 is 0 Å². The summed E-state index contributed by atoms with van der Waals surface area (Å²) in [6.07, 6.45) is 3.63. The molecule has 1 aromatic heterocycles. The maximum Gasteiger partial charge on any atom is 0.280 e. The first-order valence-corrected chi connectivity index (χ1v) is 10.7. The van der Waals surface area contributed by atoms with Gasteiger partial charge in [0.05, 0.1) is 10.4 Å². The average molecular weight is 398 g/mol. The predicted molar refractivity (Wildman–Crippen MR) is 112 cm³/mol. The van der Waals surface area contributed by atoms with Gasteiger partial charge in [0, 0.05) is 5.69 Å². The second-order valence-electron chi connectivity index (χ2n) is 8.90. The smallest absolute Gasteiger partial charge is 0.280 e. The van der Waals surface area contributed by atoms with E-state index in [1.807, 2.05) is 35.7 Å². The van der Waals surface area contributed by atoms with Crippen molar-refractivity contribution in [1.29, 1.82) is 0 Å². The number of carbonyl (C=O) groups is 2. The zero-order valence-corrected chi connectivity index (χ0v) is 17.4. The summed E-state index contributed by atoms with van der Waals surface area (Å²) in [5.74, 6) is 0.220. The molecule has 1 fully saturated rings. The summed E-state index contributed by atoms with van der Waals surface area (Å²) in [5, 5.41) is 7.04. The summed E-state index contributed by atoms with van der Waals surface area (Å²) >= 11 is 1.37. The van der Waals surface area contributed by atoms with Crippen molar-refractivity contribution in [3.63, 3.8) is 0 Å². The first-order chi connectivity index (χ1) is 13.3. The van der Waals surface area contributed by atoms with Crippen molar-refractivity contribution >= 4 is 28.8 Å². The van der Waals surface area contributed by atoms with Crippen LogP contribution in [0.15, 0.2) is 41.8 Å². The number of para-hydroxylation sites is 1. The number of carbonyl (C=O) groups excluding carboxylic acids is 2. The van der Waals surface area contributed by atoms with E-state index in [1.165, 1.54) is 11.3 Å². The molecular weight excluding hydrogens is 370 g/mol. The third-order valence-electron chi connectivity index (χ3n) is 6.15. The normalized spacial score (nSPS) is 24.6. The second kappa shape index (κ2) is 6.92. The highest BCUT2D eigenvalue weighted by Crippen LogP contribution is 2.46. The van der Waals surface area contributed by atoms with Crippen molar-refractivity contribution in [2.45, 2.75) is 52.1 Å². The summed E-state index contributed by atoms with van der Waals surface area (Å²) < 4.78 is 0. The molecule has 1 spiro atoms. The van der Waals surface area contributed by atoms with Gasteiger partial charge in [0.1, 0.15) is 5.66 Å². The van der Waals surface area contributed by atoms with Gasteiger partial charge in [0.15, 0.2) is 0 Å². The van der Waals surface area contributed by atoms with Gasteiger partial charge in [-0.25, -0.2) is 5.01 Å². The molecule has 2 N–H and O–H groups in total. The summed E-state index contributed by atoms with van der Waals surface area (Å²) in [6.45, 7) is 6.84. The number of nitrogens with one attached hydrogen (secondary N) is 2. The molecule has 2 amide bonds. The Bertz CT molecular complexity index is 877. The number of benzene rings is 1. The van der Waals surface area contributed by atoms with E-state index in [-0.39, 0.29) is 17.2 Å². The summed E-state index contributed by atoms with van der Waals surface area (Å²) in [5.41, 5.74) is 4.02. The first-order valence-electron chi connectivity index (χ1n) is 9.86. The van der Waals surface area contributed by atoms with Crippen molar-refractivity contribution < 1.29 is 9.59 Å². The molecule has 0 saturated heterocycles. The molecule has 1 aromatic carbocycles. The van der Waals surface area contributed by atoms with Crippen LogP contribution >= 0.6 is 11.3 Å². The van der Waals surface area contributed by atoms with Gasteiger partial charge in [0.25, 0.3) is 11.8 Å². The lowest BCUT2D eigenvalue weighted by atomic mass is 9.69. The van der Waals surface area contributed by atoms with Crippen LogP contribution in [0.1, 0.15) is 66.5 Å². The standard InChI is InChI=1S/C22H27N3O2S/c1-21(2,3)15-10-12-22(13-11-15)23-17-8-5-4-7-16(17)20(27)25(22)24-19(26)18-9-6-14-28-18/h4-9,14-15,23H,10-13H2,1-3H3,(H,24,26). The van der Waals surface area contributed by atoms with Crippen LogP contribution in [0.5, 0.6) is 0 Å². The Morgan fingerprint density at radius 2 is 1.89 bits per heavy atom. The van der Waals surface area contributed by atoms with E-state index < -0.39 is 5.66 Å². The molecular formula is C22H27N3O2S. The molecule has 28 heavy (non-hydrogen) atoms. The number of fused-ring (bicyclic) bond motifs is 1. The SMILES string of the molecule is CC(C)(C)C1CCC2(CC1)Nc1ccccc1C(=O)N2NC(=O)c1cccs1. The number of nitrogens with zero attached hydrogens (tertiary/aromatic N) is 1. The zero-order valence-electron chi connectivity index (χ0n) is 16.6. The van der Waals surface area contributed by atoms with E-state index >= 15 is 0 Å². The Kier molecular flexibility index (Phi) is 4.70. The van der Waals surface area contributed by atoms with Crippen LogP contribution < -0.4 is 10.7 Å². The van der Waals surface area contributed by atoms with E-state index in [0.29, 0.717) is 16.4 Å². The van der Waals surface area contributed by atoms with Crippen LogP contribution in [-0.2, 0) is 0 Å². The van der Waals surface area contributed by atoms with E-state index in [9.17, 15) is 9.59 Å². The van der Waals surface area contributed by atoms with Crippen molar-refractivity contribution in [3.05, 3.63) is 52.2 Å². The number of hydrazine groups is 1. The molecule has 2 aliphatic rings. The number of hydrogen-bond acceptors (Lipinski definition) is 4. The molecule has 1 aliphatic carbocycles. The lowest BCUT2D eigenvalue weighted by Gasteiger charge is -2.52. The summed E-state index contributed by atoms with van der Waals surface area (Å²) in [7, 11) is 0. The fourth-order valence-corrected chi connectivity index (χ4v) is 5.05. The average Bonchev–Trinajstić information content (AvgIpc) is 3.20. The fourth-order valence-electron chi connectivity index (χ4n) is 4.43. The van der Waals surface area contributed by atoms with Crippen LogP contribution in [0.2, 0.25) is 0 Å². The molecule has 1 saturated carbocycles. The van der Waals surface area contributed by atoms with Gasteiger partial charge in [-0.3, -0.25) is 15.0 Å². The van der Waals surface area contributed by atoms with E-state index in [4.69, 9.17) is 0 Å². The summed E-state index contributed by atoms with van der Waals surface area (Å²) in [6, 6.07) is 11.2. The van der Waals surface area contributed by atoms with Crippen LogP contribution in [0.4, 0.5) is 5.69 Å². The third-order valence-corrected chi connectivity index (χ3v) is 7.02. The molecule has 1 aliphatic heterocycles. The quantitative estimate of drug-likeness (QED) is 0.758. The number of amides is 2. The van der Waals surface area contributed by atoms with Gasteiger partial charge < -0.3 is 5.32 Å². The van der Waals surface area contributed by atoms with E-state index in [1.54, 1.807) is 11.1 Å². The van der Waals surface area contributed by atoms with Crippen LogP contribution in [0.25, 0.3) is 0 Å². The fraction of sp³-hybridized carbons (Fsp3) is 0.455. The topological polar surface area (TPSA) is 61.4 Å². The van der Waals surface area contributed by atoms with Crippen LogP contribution in [0, 0.1) is 11.3 Å². The first kappa shape index (κ1) is 19.0. The Morgan fingerprint density at radius 1 is 1.18 bits per heavy atom. The highest BCUT2D eigenvalue weighted by Gasteiger charge is 2.49. The van der Waals surface area contributed by atoms with Gasteiger partial charge in [-0.1, -0.05) is 39.0 Å². The Morgan fingerprint density at radius 3 is 2.54 bits per heavy atom. The maximum atomic E-state index is 13.3. The molecule has 0 radical (unpaired) electrons. The van der Waals surface area contributed by atoms with Crippen LogP contribution in [-0.4, -0.2) is 22.5 Å². The molecule has 2 aromatic rings. The molecule has 6 heteroatoms. The molecule has 0 bridgehead atoms. The van der Waals surface area contributed by atoms with Gasteiger partial charge in [-0.05, 0) is 60.6 Å². The Labute approximate surface area is 170 Å². The molecule has 5 nitrogen and oxygen atoms in total. The Hall–Kier alpha value is -2.34. The molecule has 0 atom stereocenters. The second-order valence-corrected chi connectivity index (χ2v) is 9.85. The highest BCUT2D eigenvalue weighted by atomic mass is 32.1. The van der Waals surface area contributed by atoms with Crippen molar-refractivity contribution in [2.24, 2.45) is 11.3 Å². The molecule has 4 rings (SSSR count). The third kappa shape index (κ3) is 3.30. The minimum Gasteiger partial charge on any atom is -0.361 e. The number of hydrogen-bond donors (Lipinski definition) is 2. The van der Waals surface area contributed by atoms with E-state index in [2.05, 4.69) is 31.5 Å².